The van der Waals surface area contributed by atoms with Gasteiger partial charge in [0.15, 0.2) is 0 Å². The van der Waals surface area contributed by atoms with E-state index in [9.17, 15) is 9.59 Å². The van der Waals surface area contributed by atoms with Crippen LogP contribution in [0.3, 0.4) is 0 Å². The van der Waals surface area contributed by atoms with Crippen LogP contribution in [0.1, 0.15) is 70.8 Å². The summed E-state index contributed by atoms with van der Waals surface area (Å²) in [5, 5.41) is 7.99. The Morgan fingerprint density at radius 3 is 2.77 bits per heavy atom. The van der Waals surface area contributed by atoms with Crippen molar-refractivity contribution in [3.63, 3.8) is 0 Å². The van der Waals surface area contributed by atoms with Crippen LogP contribution in [0.4, 0.5) is 0 Å². The number of ether oxygens (including phenoxy) is 2. The lowest BCUT2D eigenvalue weighted by atomic mass is 9.76. The molecule has 0 radical (unpaired) electrons. The summed E-state index contributed by atoms with van der Waals surface area (Å²) in [4.78, 5) is 25.5. The zero-order chi connectivity index (χ0) is 22.0. The first-order chi connectivity index (χ1) is 15.0. The molecule has 1 spiro atoms. The zero-order valence-corrected chi connectivity index (χ0v) is 18.6. The highest BCUT2D eigenvalue weighted by Crippen LogP contribution is 2.38. The molecule has 0 atom stereocenters. The van der Waals surface area contributed by atoms with Gasteiger partial charge in [-0.2, -0.15) is 5.10 Å². The van der Waals surface area contributed by atoms with E-state index < -0.39 is 0 Å². The summed E-state index contributed by atoms with van der Waals surface area (Å²) in [5.41, 5.74) is 4.67. The number of carbonyl (C=O) groups excluding carboxylic acids is 2. The van der Waals surface area contributed by atoms with Crippen LogP contribution in [0.5, 0.6) is 0 Å². The van der Waals surface area contributed by atoms with Crippen LogP contribution in [-0.2, 0) is 22.3 Å². The van der Waals surface area contributed by atoms with E-state index in [1.54, 1.807) is 6.07 Å². The molecule has 2 aliphatic rings. The lowest BCUT2D eigenvalue weighted by molar-refractivity contribution is 0.0155. The fourth-order valence-electron chi connectivity index (χ4n) is 4.55. The van der Waals surface area contributed by atoms with Crippen LogP contribution >= 0.6 is 0 Å². The largest absolute Gasteiger partial charge is 0.462 e. The highest BCUT2D eigenvalue weighted by Gasteiger charge is 2.40. The molecule has 2 aromatic rings. The van der Waals surface area contributed by atoms with Gasteiger partial charge >= 0.3 is 5.97 Å². The van der Waals surface area contributed by atoms with E-state index in [2.05, 4.69) is 5.32 Å². The standard InChI is InChI=1S/C24H31N3O4/c1-4-10-31-23(29)17-7-6-16(3)19(13-17)27-20-14-24(8-11-30-12-9-24)15-25-22(28)21(20)18(5-2)26-27/h6-7,13H,4-5,8-12,14-15H2,1-3H3,(H,25,28). The first-order valence-electron chi connectivity index (χ1n) is 11.2. The molecule has 4 rings (SSSR count). The molecular weight excluding hydrogens is 394 g/mol. The summed E-state index contributed by atoms with van der Waals surface area (Å²) < 4.78 is 12.8. The molecule has 2 aliphatic heterocycles. The van der Waals surface area contributed by atoms with Crippen molar-refractivity contribution >= 4 is 11.9 Å². The Balaban J connectivity index is 1.82. The summed E-state index contributed by atoms with van der Waals surface area (Å²) in [6.45, 7) is 8.43. The van der Waals surface area contributed by atoms with Crippen LogP contribution in [0.25, 0.3) is 5.69 Å². The minimum Gasteiger partial charge on any atom is -0.462 e. The molecule has 1 fully saturated rings. The molecule has 1 N–H and O–H groups in total. The Bertz CT molecular complexity index is 989. The highest BCUT2D eigenvalue weighted by molar-refractivity contribution is 5.97. The predicted octanol–water partition coefficient (Wildman–Crippen LogP) is 3.39. The molecule has 0 unspecified atom stereocenters. The summed E-state index contributed by atoms with van der Waals surface area (Å²) in [6.07, 6.45) is 4.00. The van der Waals surface area contributed by atoms with Crippen LogP contribution < -0.4 is 5.32 Å². The zero-order valence-electron chi connectivity index (χ0n) is 18.6. The number of amides is 1. The third kappa shape index (κ3) is 4.11. The van der Waals surface area contributed by atoms with E-state index in [0.29, 0.717) is 43.9 Å². The first-order valence-corrected chi connectivity index (χ1v) is 11.2. The number of aryl methyl sites for hydroxylation is 2. The first kappa shape index (κ1) is 21.6. The lowest BCUT2D eigenvalue weighted by Gasteiger charge is -2.36. The second kappa shape index (κ2) is 8.83. The van der Waals surface area contributed by atoms with E-state index in [0.717, 1.165) is 48.3 Å². The van der Waals surface area contributed by atoms with Gasteiger partial charge in [0.1, 0.15) is 0 Å². The van der Waals surface area contributed by atoms with Gasteiger partial charge in [-0.1, -0.05) is 19.9 Å². The van der Waals surface area contributed by atoms with E-state index >= 15 is 0 Å². The predicted molar refractivity (Wildman–Crippen MR) is 117 cm³/mol. The molecule has 166 valence electrons. The Morgan fingerprint density at radius 2 is 2.06 bits per heavy atom. The minimum atomic E-state index is -0.337. The van der Waals surface area contributed by atoms with Crippen LogP contribution in [0, 0.1) is 12.3 Å². The summed E-state index contributed by atoms with van der Waals surface area (Å²) in [6, 6.07) is 5.53. The van der Waals surface area contributed by atoms with Gasteiger partial charge in [0.2, 0.25) is 0 Å². The SMILES string of the molecule is CCCOC(=O)c1ccc(C)c(-n2nc(CC)c3c2CC2(CCOCC2)CNC3=O)c1. The molecule has 7 nitrogen and oxygen atoms in total. The van der Waals surface area contributed by atoms with Gasteiger partial charge < -0.3 is 14.8 Å². The maximum atomic E-state index is 13.1. The second-order valence-corrected chi connectivity index (χ2v) is 8.64. The van der Waals surface area contributed by atoms with Crippen LogP contribution in [0.2, 0.25) is 0 Å². The van der Waals surface area contributed by atoms with Gasteiger partial charge in [-0.15, -0.1) is 0 Å². The number of hydrogen-bond donors (Lipinski definition) is 1. The van der Waals surface area contributed by atoms with E-state index in [-0.39, 0.29) is 17.3 Å². The van der Waals surface area contributed by atoms with Crippen molar-refractivity contribution in [1.29, 1.82) is 0 Å². The monoisotopic (exact) mass is 425 g/mol. The summed E-state index contributed by atoms with van der Waals surface area (Å²) in [7, 11) is 0. The number of benzene rings is 1. The van der Waals surface area contributed by atoms with Gasteiger partial charge in [-0.25, -0.2) is 9.48 Å². The fourth-order valence-corrected chi connectivity index (χ4v) is 4.55. The van der Waals surface area contributed by atoms with Crippen LogP contribution in [-0.4, -0.2) is 48.0 Å². The smallest absolute Gasteiger partial charge is 0.338 e. The Morgan fingerprint density at radius 1 is 1.29 bits per heavy atom. The number of carbonyl (C=O) groups is 2. The third-order valence-electron chi connectivity index (χ3n) is 6.45. The van der Waals surface area contributed by atoms with Gasteiger partial charge in [-0.05, 0) is 62.1 Å². The normalized spacial score (nSPS) is 17.7. The van der Waals surface area contributed by atoms with E-state index in [1.807, 2.05) is 37.6 Å². The number of aromatic nitrogens is 2. The number of rotatable bonds is 5. The van der Waals surface area contributed by atoms with Crippen molar-refractivity contribution in [2.24, 2.45) is 5.41 Å². The molecule has 0 saturated carbocycles. The lowest BCUT2D eigenvalue weighted by Crippen LogP contribution is -2.40. The molecule has 1 aromatic heterocycles. The van der Waals surface area contributed by atoms with E-state index in [4.69, 9.17) is 14.6 Å². The van der Waals surface area contributed by atoms with E-state index in [1.165, 1.54) is 0 Å². The van der Waals surface area contributed by atoms with Gasteiger partial charge in [0.05, 0.1) is 34.8 Å². The average Bonchev–Trinajstić information content (AvgIpc) is 3.08. The van der Waals surface area contributed by atoms with Gasteiger partial charge in [0.25, 0.3) is 5.91 Å². The molecule has 1 amide bonds. The topological polar surface area (TPSA) is 82.5 Å². The average molecular weight is 426 g/mol. The molecule has 31 heavy (non-hydrogen) atoms. The Hall–Kier alpha value is -2.67. The van der Waals surface area contributed by atoms with Crippen LogP contribution in [0.15, 0.2) is 18.2 Å². The second-order valence-electron chi connectivity index (χ2n) is 8.64. The molecule has 0 bridgehead atoms. The molecule has 7 heteroatoms. The maximum absolute atomic E-state index is 13.1. The number of esters is 1. The molecular formula is C24H31N3O4. The number of fused-ring (bicyclic) bond motifs is 1. The molecule has 3 heterocycles. The number of nitrogens with zero attached hydrogens (tertiary/aromatic N) is 2. The van der Waals surface area contributed by atoms with Crippen molar-refractivity contribution in [1.82, 2.24) is 15.1 Å². The van der Waals surface area contributed by atoms with Gasteiger partial charge in [-0.3, -0.25) is 4.79 Å². The highest BCUT2D eigenvalue weighted by atomic mass is 16.5. The maximum Gasteiger partial charge on any atom is 0.338 e. The quantitative estimate of drug-likeness (QED) is 0.743. The minimum absolute atomic E-state index is 0.0342. The Labute approximate surface area is 183 Å². The van der Waals surface area contributed by atoms with Crippen molar-refractivity contribution in [2.45, 2.75) is 52.9 Å². The molecule has 0 aliphatic carbocycles. The third-order valence-corrected chi connectivity index (χ3v) is 6.45. The van der Waals surface area contributed by atoms with Crippen molar-refractivity contribution in [2.75, 3.05) is 26.4 Å². The van der Waals surface area contributed by atoms with Crippen molar-refractivity contribution in [3.8, 4) is 5.69 Å². The number of nitrogens with one attached hydrogen (secondary N) is 1. The fraction of sp³-hybridized carbons (Fsp3) is 0.542. The summed E-state index contributed by atoms with van der Waals surface area (Å²) >= 11 is 0. The van der Waals surface area contributed by atoms with Crippen molar-refractivity contribution in [3.05, 3.63) is 46.3 Å². The molecule has 1 aromatic carbocycles. The summed E-state index contributed by atoms with van der Waals surface area (Å²) in [5.74, 6) is -0.395. The number of hydrogen-bond acceptors (Lipinski definition) is 5. The Kier molecular flexibility index (Phi) is 6.14. The van der Waals surface area contributed by atoms with Crippen molar-refractivity contribution < 1.29 is 19.1 Å². The molecule has 1 saturated heterocycles. The van der Waals surface area contributed by atoms with Gasteiger partial charge in [0, 0.05) is 19.8 Å².